The smallest absolute Gasteiger partial charge is 0.0587 e. The van der Waals surface area contributed by atoms with Gasteiger partial charge < -0.3 is 10.1 Å². The number of rotatable bonds is 8. The predicted molar refractivity (Wildman–Crippen MR) is 76.7 cm³/mol. The van der Waals surface area contributed by atoms with Crippen molar-refractivity contribution >= 4 is 0 Å². The van der Waals surface area contributed by atoms with Crippen molar-refractivity contribution in [1.82, 2.24) is 5.32 Å². The molecule has 2 aliphatic rings. The first-order chi connectivity index (χ1) is 8.79. The van der Waals surface area contributed by atoms with Crippen molar-refractivity contribution in [3.63, 3.8) is 0 Å². The molecule has 2 rings (SSSR count). The molecule has 1 N–H and O–H groups in total. The molecular weight excluding hydrogens is 222 g/mol. The van der Waals surface area contributed by atoms with Gasteiger partial charge in [-0.05, 0) is 63.3 Å². The molecule has 0 aromatic rings. The van der Waals surface area contributed by atoms with Gasteiger partial charge in [-0.3, -0.25) is 0 Å². The third kappa shape index (κ3) is 4.10. The van der Waals surface area contributed by atoms with E-state index in [1.807, 2.05) is 0 Å². The molecule has 0 amide bonds. The highest BCUT2D eigenvalue weighted by Gasteiger charge is 2.38. The lowest BCUT2D eigenvalue weighted by Gasteiger charge is -2.21. The van der Waals surface area contributed by atoms with Crippen LogP contribution in [0, 0.1) is 17.8 Å². The Labute approximate surface area is 112 Å². The maximum Gasteiger partial charge on any atom is 0.0587 e. The van der Waals surface area contributed by atoms with E-state index in [0.717, 1.165) is 43.9 Å². The average Bonchev–Trinajstić information content (AvgIpc) is 2.95. The second-order valence-electron chi connectivity index (χ2n) is 6.22. The number of ether oxygens (including phenoxy) is 1. The Morgan fingerprint density at radius 2 is 2.17 bits per heavy atom. The fourth-order valence-electron chi connectivity index (χ4n) is 3.84. The maximum atomic E-state index is 5.01. The average molecular weight is 251 g/mol. The van der Waals surface area contributed by atoms with Gasteiger partial charge in [0, 0.05) is 13.7 Å². The van der Waals surface area contributed by atoms with Gasteiger partial charge in [-0.25, -0.2) is 0 Å². The van der Waals surface area contributed by atoms with Crippen LogP contribution in [-0.4, -0.2) is 26.8 Å². The second kappa shape index (κ2) is 7.30. The van der Waals surface area contributed by atoms with E-state index in [0.29, 0.717) is 0 Å². The minimum Gasteiger partial charge on any atom is -0.383 e. The SMILES string of the molecule is COCCNCCC=C(C)CC1CC2CCC1C2. The molecule has 0 aliphatic heterocycles. The summed E-state index contributed by atoms with van der Waals surface area (Å²) in [6.45, 7) is 5.18. The molecule has 2 saturated carbocycles. The predicted octanol–water partition coefficient (Wildman–Crippen LogP) is 3.39. The third-order valence-corrected chi connectivity index (χ3v) is 4.77. The number of allylic oxidation sites excluding steroid dienone is 1. The molecule has 18 heavy (non-hydrogen) atoms. The van der Waals surface area contributed by atoms with Crippen LogP contribution < -0.4 is 5.32 Å². The van der Waals surface area contributed by atoms with Gasteiger partial charge in [0.1, 0.15) is 0 Å². The Morgan fingerprint density at radius 3 is 2.83 bits per heavy atom. The number of fused-ring (bicyclic) bond motifs is 2. The number of hydrogen-bond donors (Lipinski definition) is 1. The van der Waals surface area contributed by atoms with Crippen molar-refractivity contribution in [2.75, 3.05) is 26.8 Å². The zero-order valence-electron chi connectivity index (χ0n) is 12.1. The van der Waals surface area contributed by atoms with E-state index in [4.69, 9.17) is 4.74 Å². The molecule has 2 bridgehead atoms. The van der Waals surface area contributed by atoms with Gasteiger partial charge in [0.2, 0.25) is 0 Å². The van der Waals surface area contributed by atoms with E-state index in [2.05, 4.69) is 18.3 Å². The Hall–Kier alpha value is -0.340. The van der Waals surface area contributed by atoms with Crippen LogP contribution in [0.3, 0.4) is 0 Å². The summed E-state index contributed by atoms with van der Waals surface area (Å²) in [5.41, 5.74) is 1.61. The summed E-state index contributed by atoms with van der Waals surface area (Å²) in [4.78, 5) is 0. The lowest BCUT2D eigenvalue weighted by molar-refractivity contribution is 0.199. The Kier molecular flexibility index (Phi) is 5.71. The first-order valence-electron chi connectivity index (χ1n) is 7.65. The van der Waals surface area contributed by atoms with Crippen molar-refractivity contribution in [1.29, 1.82) is 0 Å². The van der Waals surface area contributed by atoms with Gasteiger partial charge in [0.25, 0.3) is 0 Å². The van der Waals surface area contributed by atoms with Crippen molar-refractivity contribution < 1.29 is 4.74 Å². The molecule has 0 aromatic heterocycles. The second-order valence-corrected chi connectivity index (χ2v) is 6.22. The van der Waals surface area contributed by atoms with Gasteiger partial charge in [-0.1, -0.05) is 18.1 Å². The van der Waals surface area contributed by atoms with Crippen molar-refractivity contribution in [2.45, 2.75) is 45.4 Å². The number of hydrogen-bond acceptors (Lipinski definition) is 2. The molecular formula is C16H29NO. The van der Waals surface area contributed by atoms with E-state index in [1.165, 1.54) is 32.1 Å². The zero-order valence-corrected chi connectivity index (χ0v) is 12.1. The fourth-order valence-corrected chi connectivity index (χ4v) is 3.84. The molecule has 3 atom stereocenters. The Morgan fingerprint density at radius 1 is 1.28 bits per heavy atom. The molecule has 0 radical (unpaired) electrons. The number of methoxy groups -OCH3 is 1. The zero-order chi connectivity index (χ0) is 12.8. The summed E-state index contributed by atoms with van der Waals surface area (Å²) in [6, 6.07) is 0. The van der Waals surface area contributed by atoms with Crippen LogP contribution in [0.4, 0.5) is 0 Å². The molecule has 2 nitrogen and oxygen atoms in total. The van der Waals surface area contributed by atoms with E-state index < -0.39 is 0 Å². The first-order valence-corrected chi connectivity index (χ1v) is 7.65. The Bertz CT molecular complexity index is 274. The van der Waals surface area contributed by atoms with Gasteiger partial charge >= 0.3 is 0 Å². The van der Waals surface area contributed by atoms with E-state index in [1.54, 1.807) is 12.7 Å². The molecule has 3 unspecified atom stereocenters. The van der Waals surface area contributed by atoms with Crippen LogP contribution in [0.5, 0.6) is 0 Å². The maximum absolute atomic E-state index is 5.01. The largest absolute Gasteiger partial charge is 0.383 e. The molecule has 0 heterocycles. The van der Waals surface area contributed by atoms with Crippen LogP contribution >= 0.6 is 0 Å². The van der Waals surface area contributed by atoms with E-state index in [-0.39, 0.29) is 0 Å². The summed E-state index contributed by atoms with van der Waals surface area (Å²) < 4.78 is 5.01. The third-order valence-electron chi connectivity index (χ3n) is 4.77. The Balaban J connectivity index is 1.58. The standard InChI is InChI=1S/C16H29NO/c1-13(4-3-7-17-8-9-18-2)10-16-12-14-5-6-15(16)11-14/h4,14-17H,3,5-12H2,1-2H3. The van der Waals surface area contributed by atoms with Crippen molar-refractivity contribution in [2.24, 2.45) is 17.8 Å². The minimum atomic E-state index is 0.813. The van der Waals surface area contributed by atoms with Gasteiger partial charge in [0.05, 0.1) is 6.61 Å². The highest BCUT2D eigenvalue weighted by atomic mass is 16.5. The molecule has 0 aromatic carbocycles. The molecule has 0 spiro atoms. The van der Waals surface area contributed by atoms with Crippen LogP contribution in [0.25, 0.3) is 0 Å². The quantitative estimate of drug-likeness (QED) is 0.527. The summed E-state index contributed by atoms with van der Waals surface area (Å²) >= 11 is 0. The monoisotopic (exact) mass is 251 g/mol. The lowest BCUT2D eigenvalue weighted by Crippen LogP contribution is -2.19. The van der Waals surface area contributed by atoms with Crippen LogP contribution in [-0.2, 0) is 4.74 Å². The van der Waals surface area contributed by atoms with E-state index in [9.17, 15) is 0 Å². The highest BCUT2D eigenvalue weighted by Crippen LogP contribution is 2.50. The summed E-state index contributed by atoms with van der Waals surface area (Å²) in [6.07, 6.45) is 11.0. The summed E-state index contributed by atoms with van der Waals surface area (Å²) in [5.74, 6) is 3.17. The molecule has 0 saturated heterocycles. The fraction of sp³-hybridized carbons (Fsp3) is 0.875. The van der Waals surface area contributed by atoms with Gasteiger partial charge in [-0.2, -0.15) is 0 Å². The summed E-state index contributed by atoms with van der Waals surface area (Å²) in [7, 11) is 1.75. The molecule has 2 aliphatic carbocycles. The summed E-state index contributed by atoms with van der Waals surface area (Å²) in [5, 5.41) is 3.39. The normalized spacial score (nSPS) is 31.2. The van der Waals surface area contributed by atoms with Crippen molar-refractivity contribution in [3.05, 3.63) is 11.6 Å². The van der Waals surface area contributed by atoms with Crippen LogP contribution in [0.15, 0.2) is 11.6 Å². The first kappa shape index (κ1) is 14.1. The molecule has 104 valence electrons. The van der Waals surface area contributed by atoms with Gasteiger partial charge in [-0.15, -0.1) is 0 Å². The van der Waals surface area contributed by atoms with Crippen LogP contribution in [0.1, 0.15) is 45.4 Å². The molecule has 2 fully saturated rings. The minimum absolute atomic E-state index is 0.813. The van der Waals surface area contributed by atoms with E-state index >= 15 is 0 Å². The lowest BCUT2D eigenvalue weighted by atomic mass is 9.84. The topological polar surface area (TPSA) is 21.3 Å². The van der Waals surface area contributed by atoms with Crippen molar-refractivity contribution in [3.8, 4) is 0 Å². The number of nitrogens with one attached hydrogen (secondary N) is 1. The molecule has 2 heteroatoms. The highest BCUT2D eigenvalue weighted by molar-refractivity contribution is 5.03. The van der Waals surface area contributed by atoms with Crippen LogP contribution in [0.2, 0.25) is 0 Å². The van der Waals surface area contributed by atoms with Gasteiger partial charge in [0.15, 0.2) is 0 Å².